The van der Waals surface area contributed by atoms with Crippen molar-refractivity contribution in [3.8, 4) is 40.1 Å². The minimum atomic E-state index is -1.67. The van der Waals surface area contributed by atoms with Crippen molar-refractivity contribution in [3.05, 3.63) is 40.6 Å². The van der Waals surface area contributed by atoms with Crippen molar-refractivity contribution in [1.82, 2.24) is 0 Å². The summed E-state index contributed by atoms with van der Waals surface area (Å²) in [6.07, 6.45) is -6.07. The third kappa shape index (κ3) is 3.59. The molecule has 4 atom stereocenters. The molecule has 164 valence electrons. The van der Waals surface area contributed by atoms with Crippen molar-refractivity contribution < 1.29 is 49.6 Å². The van der Waals surface area contributed by atoms with Crippen LogP contribution in [0.1, 0.15) is 0 Å². The zero-order chi connectivity index (χ0) is 22.4. The van der Waals surface area contributed by atoms with Crippen LogP contribution >= 0.6 is 0 Å². The van der Waals surface area contributed by atoms with Crippen LogP contribution < -0.4 is 10.2 Å². The lowest BCUT2D eigenvalue weighted by Gasteiger charge is -2.35. The SMILES string of the molecule is O=c1cc(-c2ccc(O)c(O)c2)oc2cc(O[C@@H]3OC[C@@H](O)[C@H](O)C3O)c(O)c(O)c12. The van der Waals surface area contributed by atoms with E-state index in [2.05, 4.69) is 0 Å². The fourth-order valence-corrected chi connectivity index (χ4v) is 3.19. The molecule has 2 aromatic carbocycles. The summed E-state index contributed by atoms with van der Waals surface area (Å²) >= 11 is 0. The van der Waals surface area contributed by atoms with Crippen LogP contribution in [0.25, 0.3) is 22.3 Å². The van der Waals surface area contributed by atoms with Gasteiger partial charge in [0.1, 0.15) is 35.0 Å². The number of rotatable bonds is 3. The normalized spacial score (nSPS) is 23.7. The van der Waals surface area contributed by atoms with Gasteiger partial charge >= 0.3 is 0 Å². The van der Waals surface area contributed by atoms with Gasteiger partial charge in [0.05, 0.1) is 6.61 Å². The number of aliphatic hydroxyl groups excluding tert-OH is 3. The molecule has 1 fully saturated rings. The second kappa shape index (κ2) is 7.63. The van der Waals surface area contributed by atoms with E-state index in [1.165, 1.54) is 12.1 Å². The number of phenolic OH excluding ortho intramolecular Hbond substituents is 4. The van der Waals surface area contributed by atoms with Crippen molar-refractivity contribution in [2.24, 2.45) is 0 Å². The summed E-state index contributed by atoms with van der Waals surface area (Å²) in [7, 11) is 0. The molecule has 0 amide bonds. The fraction of sp³-hybridized carbons (Fsp3) is 0.250. The Kier molecular flexibility index (Phi) is 5.11. The topological polar surface area (TPSA) is 190 Å². The highest BCUT2D eigenvalue weighted by Crippen LogP contribution is 2.42. The number of hydrogen-bond donors (Lipinski definition) is 7. The molecule has 0 bridgehead atoms. The summed E-state index contributed by atoms with van der Waals surface area (Å²) in [6, 6.07) is 5.84. The van der Waals surface area contributed by atoms with Crippen LogP contribution in [0.5, 0.6) is 28.7 Å². The Morgan fingerprint density at radius 2 is 1.65 bits per heavy atom. The molecule has 1 saturated heterocycles. The van der Waals surface area contributed by atoms with Crippen LogP contribution in [0.4, 0.5) is 0 Å². The Labute approximate surface area is 173 Å². The maximum absolute atomic E-state index is 12.5. The molecule has 1 aliphatic rings. The Bertz CT molecular complexity index is 1200. The first-order chi connectivity index (χ1) is 14.7. The van der Waals surface area contributed by atoms with Gasteiger partial charge in [-0.15, -0.1) is 0 Å². The van der Waals surface area contributed by atoms with Crippen LogP contribution in [-0.4, -0.2) is 67.0 Å². The molecule has 4 rings (SSSR count). The first kappa shape index (κ1) is 20.8. The maximum Gasteiger partial charge on any atom is 0.229 e. The predicted molar refractivity (Wildman–Crippen MR) is 103 cm³/mol. The van der Waals surface area contributed by atoms with Crippen LogP contribution in [0, 0.1) is 0 Å². The van der Waals surface area contributed by atoms with Gasteiger partial charge in [0, 0.05) is 17.7 Å². The van der Waals surface area contributed by atoms with Gasteiger partial charge in [-0.2, -0.15) is 0 Å². The smallest absolute Gasteiger partial charge is 0.229 e. The molecule has 11 heteroatoms. The quantitative estimate of drug-likeness (QED) is 0.277. The minimum Gasteiger partial charge on any atom is -0.504 e. The molecule has 1 aromatic heterocycles. The Hall–Kier alpha value is -3.51. The van der Waals surface area contributed by atoms with Gasteiger partial charge in [-0.1, -0.05) is 0 Å². The highest BCUT2D eigenvalue weighted by Gasteiger charge is 2.39. The van der Waals surface area contributed by atoms with Gasteiger partial charge in [-0.25, -0.2) is 0 Å². The molecular weight excluding hydrogens is 416 g/mol. The molecule has 3 aromatic rings. The maximum atomic E-state index is 12.5. The van der Waals surface area contributed by atoms with Gasteiger partial charge < -0.3 is 49.6 Å². The minimum absolute atomic E-state index is 0.0173. The summed E-state index contributed by atoms with van der Waals surface area (Å²) in [5.74, 6) is -2.92. The molecule has 7 N–H and O–H groups in total. The van der Waals surface area contributed by atoms with Crippen LogP contribution in [-0.2, 0) is 4.74 Å². The van der Waals surface area contributed by atoms with E-state index in [4.69, 9.17) is 13.9 Å². The van der Waals surface area contributed by atoms with Crippen molar-refractivity contribution in [1.29, 1.82) is 0 Å². The summed E-state index contributed by atoms with van der Waals surface area (Å²) < 4.78 is 16.1. The highest BCUT2D eigenvalue weighted by molar-refractivity contribution is 5.89. The standard InChI is InChI=1S/C20H18O11/c21-8-2-1-7(3-9(8)22)12-4-10(23)15-13(30-12)5-14(17(26)18(15)27)31-20-19(28)16(25)11(24)6-29-20/h1-5,11,16,19-22,24-28H,6H2/t11-,16+,19?,20+/m1/s1. The molecule has 0 radical (unpaired) electrons. The summed E-state index contributed by atoms with van der Waals surface area (Å²) in [4.78, 5) is 12.5. The van der Waals surface area contributed by atoms with Crippen LogP contribution in [0.3, 0.4) is 0 Å². The highest BCUT2D eigenvalue weighted by atomic mass is 16.7. The third-order valence-corrected chi connectivity index (χ3v) is 4.89. The second-order valence-electron chi connectivity index (χ2n) is 6.99. The zero-order valence-corrected chi connectivity index (χ0v) is 15.7. The Morgan fingerprint density at radius 3 is 2.35 bits per heavy atom. The summed E-state index contributed by atoms with van der Waals surface area (Å²) in [5, 5.41) is 68.6. The molecule has 2 heterocycles. The number of fused-ring (bicyclic) bond motifs is 1. The van der Waals surface area contributed by atoms with Crippen molar-refractivity contribution in [2.45, 2.75) is 24.6 Å². The molecule has 11 nitrogen and oxygen atoms in total. The van der Waals surface area contributed by atoms with Gasteiger partial charge in [-0.3, -0.25) is 4.79 Å². The summed E-state index contributed by atoms with van der Waals surface area (Å²) in [5.41, 5.74) is -0.672. The number of benzene rings is 2. The van der Waals surface area contributed by atoms with Gasteiger partial charge in [-0.05, 0) is 18.2 Å². The van der Waals surface area contributed by atoms with Gasteiger partial charge in [0.2, 0.25) is 12.0 Å². The van der Waals surface area contributed by atoms with Crippen molar-refractivity contribution in [3.63, 3.8) is 0 Å². The van der Waals surface area contributed by atoms with E-state index < -0.39 is 53.0 Å². The average molecular weight is 434 g/mol. The number of aromatic hydroxyl groups is 4. The lowest BCUT2D eigenvalue weighted by atomic mass is 10.1. The average Bonchev–Trinajstić information content (AvgIpc) is 2.73. The molecule has 0 saturated carbocycles. The molecule has 0 spiro atoms. The number of aliphatic hydroxyl groups is 3. The van der Waals surface area contributed by atoms with E-state index in [1.807, 2.05) is 0 Å². The van der Waals surface area contributed by atoms with Crippen molar-refractivity contribution in [2.75, 3.05) is 6.61 Å². The van der Waals surface area contributed by atoms with Crippen molar-refractivity contribution >= 4 is 11.0 Å². The Balaban J connectivity index is 1.78. The van der Waals surface area contributed by atoms with E-state index >= 15 is 0 Å². The largest absolute Gasteiger partial charge is 0.504 e. The molecular formula is C20H18O11. The lowest BCUT2D eigenvalue weighted by molar-refractivity contribution is -0.242. The lowest BCUT2D eigenvalue weighted by Crippen LogP contribution is -2.54. The molecule has 1 unspecified atom stereocenters. The van der Waals surface area contributed by atoms with E-state index in [9.17, 15) is 40.5 Å². The first-order valence-electron chi connectivity index (χ1n) is 9.05. The molecule has 1 aliphatic heterocycles. The number of ether oxygens (including phenoxy) is 2. The molecule has 31 heavy (non-hydrogen) atoms. The van der Waals surface area contributed by atoms with Crippen LogP contribution in [0.15, 0.2) is 39.5 Å². The Morgan fingerprint density at radius 1 is 0.903 bits per heavy atom. The van der Waals surface area contributed by atoms with Gasteiger partial charge in [0.15, 0.2) is 28.4 Å². The van der Waals surface area contributed by atoms with E-state index in [1.54, 1.807) is 0 Å². The molecule has 0 aliphatic carbocycles. The number of hydrogen-bond acceptors (Lipinski definition) is 11. The number of phenols is 4. The first-order valence-corrected chi connectivity index (χ1v) is 9.05. The van der Waals surface area contributed by atoms with Crippen LogP contribution in [0.2, 0.25) is 0 Å². The van der Waals surface area contributed by atoms with E-state index in [-0.39, 0.29) is 34.6 Å². The summed E-state index contributed by atoms with van der Waals surface area (Å²) in [6.45, 7) is -0.354. The second-order valence-corrected chi connectivity index (χ2v) is 6.99. The fourth-order valence-electron chi connectivity index (χ4n) is 3.19. The van der Waals surface area contributed by atoms with E-state index in [0.717, 1.165) is 18.2 Å². The zero-order valence-electron chi connectivity index (χ0n) is 15.7. The van der Waals surface area contributed by atoms with Gasteiger partial charge in [0.25, 0.3) is 0 Å². The third-order valence-electron chi connectivity index (χ3n) is 4.89. The van der Waals surface area contributed by atoms with E-state index in [0.29, 0.717) is 0 Å². The monoisotopic (exact) mass is 434 g/mol. The predicted octanol–water partition coefficient (Wildman–Crippen LogP) is 0.100.